The zero-order valence-electron chi connectivity index (χ0n) is 6.79. The lowest BCUT2D eigenvalue weighted by Crippen LogP contribution is -2.02. The number of hydrogen-bond acceptors (Lipinski definition) is 2. The fraction of sp³-hybridized carbons (Fsp3) is 0.333. The lowest BCUT2D eigenvalue weighted by molar-refractivity contribution is 0.910. The van der Waals surface area contributed by atoms with Gasteiger partial charge in [-0.1, -0.05) is 6.07 Å². The molecule has 0 N–H and O–H groups in total. The summed E-state index contributed by atoms with van der Waals surface area (Å²) < 4.78 is 0. The van der Waals surface area contributed by atoms with Gasteiger partial charge in [-0.05, 0) is 18.6 Å². The Balaban J connectivity index is 3.02. The van der Waals surface area contributed by atoms with Crippen molar-refractivity contribution in [2.75, 3.05) is 5.88 Å². The van der Waals surface area contributed by atoms with Crippen molar-refractivity contribution in [3.8, 4) is 6.07 Å². The molecule has 1 aromatic rings. The van der Waals surface area contributed by atoms with Crippen LogP contribution in [0.3, 0.4) is 0 Å². The molecule has 2 nitrogen and oxygen atoms in total. The van der Waals surface area contributed by atoms with Gasteiger partial charge < -0.3 is 0 Å². The molecule has 0 fully saturated rings. The number of aryl methyl sites for hydroxylation is 1. The van der Waals surface area contributed by atoms with Gasteiger partial charge in [0.15, 0.2) is 0 Å². The molecule has 0 spiro atoms. The molecule has 0 saturated carbocycles. The molecule has 0 aromatic carbocycles. The van der Waals surface area contributed by atoms with Crippen molar-refractivity contribution in [2.45, 2.75) is 12.8 Å². The molecule has 12 heavy (non-hydrogen) atoms. The minimum atomic E-state index is -0.284. The number of hydrogen-bond donors (Lipinski definition) is 0. The van der Waals surface area contributed by atoms with Gasteiger partial charge in [-0.25, -0.2) is 0 Å². The van der Waals surface area contributed by atoms with E-state index in [0.29, 0.717) is 5.88 Å². The first-order chi connectivity index (χ1) is 5.79. The minimum Gasteiger partial charge on any atom is -0.260 e. The standard InChI is InChI=1S/C9H9ClN2/c1-7-3-2-4-12-9(7)8(5-10)6-11/h2-4,8H,5H2,1H3. The van der Waals surface area contributed by atoms with Crippen molar-refractivity contribution in [1.29, 1.82) is 5.26 Å². The number of pyridine rings is 1. The molecule has 1 aromatic heterocycles. The zero-order valence-corrected chi connectivity index (χ0v) is 7.54. The van der Waals surface area contributed by atoms with E-state index in [-0.39, 0.29) is 5.92 Å². The summed E-state index contributed by atoms with van der Waals surface area (Å²) in [7, 11) is 0. The normalized spacial score (nSPS) is 12.1. The van der Waals surface area contributed by atoms with Gasteiger partial charge in [-0.2, -0.15) is 5.26 Å². The fourth-order valence-electron chi connectivity index (χ4n) is 1.03. The van der Waals surface area contributed by atoms with Crippen LogP contribution < -0.4 is 0 Å². The number of nitriles is 1. The van der Waals surface area contributed by atoms with Crippen LogP contribution in [0.1, 0.15) is 17.2 Å². The Morgan fingerprint density at radius 1 is 1.75 bits per heavy atom. The Morgan fingerprint density at radius 2 is 2.50 bits per heavy atom. The molecule has 62 valence electrons. The highest BCUT2D eigenvalue weighted by Crippen LogP contribution is 2.17. The second-order valence-electron chi connectivity index (χ2n) is 2.54. The van der Waals surface area contributed by atoms with Crippen LogP contribution in [0.25, 0.3) is 0 Å². The molecular weight excluding hydrogens is 172 g/mol. The predicted octanol–water partition coefficient (Wildman–Crippen LogP) is 2.24. The van der Waals surface area contributed by atoms with Crippen molar-refractivity contribution >= 4 is 11.6 Å². The van der Waals surface area contributed by atoms with Crippen molar-refractivity contribution in [2.24, 2.45) is 0 Å². The van der Waals surface area contributed by atoms with Crippen LogP contribution in [0.15, 0.2) is 18.3 Å². The van der Waals surface area contributed by atoms with E-state index in [4.69, 9.17) is 16.9 Å². The van der Waals surface area contributed by atoms with Crippen LogP contribution in [-0.4, -0.2) is 10.9 Å². The van der Waals surface area contributed by atoms with Gasteiger partial charge in [0.25, 0.3) is 0 Å². The molecular formula is C9H9ClN2. The van der Waals surface area contributed by atoms with Crippen LogP contribution in [0.4, 0.5) is 0 Å². The molecule has 0 radical (unpaired) electrons. The molecule has 0 aliphatic heterocycles. The lowest BCUT2D eigenvalue weighted by Gasteiger charge is -2.06. The third-order valence-electron chi connectivity index (χ3n) is 1.69. The smallest absolute Gasteiger partial charge is 0.102 e. The number of halogens is 1. The van der Waals surface area contributed by atoms with Crippen LogP contribution in [0, 0.1) is 18.3 Å². The molecule has 1 heterocycles. The van der Waals surface area contributed by atoms with Gasteiger partial charge in [-0.15, -0.1) is 11.6 Å². The summed E-state index contributed by atoms with van der Waals surface area (Å²) in [4.78, 5) is 4.11. The summed E-state index contributed by atoms with van der Waals surface area (Å²) in [6.07, 6.45) is 1.68. The molecule has 0 saturated heterocycles. The van der Waals surface area contributed by atoms with Crippen molar-refractivity contribution in [1.82, 2.24) is 4.98 Å². The maximum absolute atomic E-state index is 8.73. The van der Waals surface area contributed by atoms with E-state index in [1.165, 1.54) is 0 Å². The number of aromatic nitrogens is 1. The SMILES string of the molecule is Cc1cccnc1C(C#N)CCl. The number of rotatable bonds is 2. The Morgan fingerprint density at radius 3 is 3.00 bits per heavy atom. The van der Waals surface area contributed by atoms with Crippen molar-refractivity contribution < 1.29 is 0 Å². The Labute approximate surface area is 76.8 Å². The molecule has 1 unspecified atom stereocenters. The highest BCUT2D eigenvalue weighted by atomic mass is 35.5. The van der Waals surface area contributed by atoms with Gasteiger partial charge in [0.2, 0.25) is 0 Å². The third-order valence-corrected chi connectivity index (χ3v) is 2.00. The van der Waals surface area contributed by atoms with E-state index in [9.17, 15) is 0 Å². The van der Waals surface area contributed by atoms with Gasteiger partial charge in [0.05, 0.1) is 11.8 Å². The quantitative estimate of drug-likeness (QED) is 0.655. The van der Waals surface area contributed by atoms with Gasteiger partial charge >= 0.3 is 0 Å². The summed E-state index contributed by atoms with van der Waals surface area (Å²) in [5.41, 5.74) is 1.81. The van der Waals surface area contributed by atoms with Crippen LogP contribution >= 0.6 is 11.6 Å². The van der Waals surface area contributed by atoms with Gasteiger partial charge in [0.1, 0.15) is 5.92 Å². The monoisotopic (exact) mass is 180 g/mol. The second-order valence-corrected chi connectivity index (χ2v) is 2.85. The lowest BCUT2D eigenvalue weighted by atomic mass is 10.0. The molecule has 0 aliphatic carbocycles. The maximum Gasteiger partial charge on any atom is 0.102 e. The number of alkyl halides is 1. The molecule has 0 aliphatic rings. The van der Waals surface area contributed by atoms with E-state index in [0.717, 1.165) is 11.3 Å². The number of nitrogens with zero attached hydrogens (tertiary/aromatic N) is 2. The highest BCUT2D eigenvalue weighted by molar-refractivity contribution is 6.18. The summed E-state index contributed by atoms with van der Waals surface area (Å²) in [6.45, 7) is 1.93. The minimum absolute atomic E-state index is 0.284. The molecule has 0 amide bonds. The van der Waals surface area contributed by atoms with Gasteiger partial charge in [-0.3, -0.25) is 4.98 Å². The topological polar surface area (TPSA) is 36.7 Å². The molecule has 1 atom stereocenters. The molecule has 3 heteroatoms. The van der Waals surface area contributed by atoms with Crippen molar-refractivity contribution in [3.63, 3.8) is 0 Å². The largest absolute Gasteiger partial charge is 0.260 e. The third kappa shape index (κ3) is 1.75. The first-order valence-electron chi connectivity index (χ1n) is 3.66. The second kappa shape index (κ2) is 4.08. The fourth-order valence-corrected chi connectivity index (χ4v) is 1.25. The Bertz CT molecular complexity index is 304. The van der Waals surface area contributed by atoms with E-state index in [2.05, 4.69) is 11.1 Å². The Kier molecular flexibility index (Phi) is 3.07. The molecule has 0 bridgehead atoms. The average Bonchev–Trinajstić information content (AvgIpc) is 2.10. The summed E-state index contributed by atoms with van der Waals surface area (Å²) in [5.74, 6) is 0.0156. The molecule has 1 rings (SSSR count). The zero-order chi connectivity index (χ0) is 8.97. The predicted molar refractivity (Wildman–Crippen MR) is 48.0 cm³/mol. The first-order valence-corrected chi connectivity index (χ1v) is 4.20. The summed E-state index contributed by atoms with van der Waals surface area (Å²) in [6, 6.07) is 5.89. The van der Waals surface area contributed by atoms with E-state index >= 15 is 0 Å². The van der Waals surface area contributed by atoms with Crippen LogP contribution in [-0.2, 0) is 0 Å². The average molecular weight is 181 g/mol. The van der Waals surface area contributed by atoms with E-state index in [1.54, 1.807) is 6.20 Å². The van der Waals surface area contributed by atoms with E-state index < -0.39 is 0 Å². The summed E-state index contributed by atoms with van der Waals surface area (Å²) >= 11 is 5.61. The summed E-state index contributed by atoms with van der Waals surface area (Å²) in [5, 5.41) is 8.73. The maximum atomic E-state index is 8.73. The van der Waals surface area contributed by atoms with Gasteiger partial charge in [0, 0.05) is 12.1 Å². The first kappa shape index (κ1) is 9.02. The highest BCUT2D eigenvalue weighted by Gasteiger charge is 2.11. The van der Waals surface area contributed by atoms with E-state index in [1.807, 2.05) is 19.1 Å². The van der Waals surface area contributed by atoms with Crippen molar-refractivity contribution in [3.05, 3.63) is 29.6 Å². The van der Waals surface area contributed by atoms with Crippen LogP contribution in [0.2, 0.25) is 0 Å². The Hall–Kier alpha value is -1.07. The van der Waals surface area contributed by atoms with Crippen LogP contribution in [0.5, 0.6) is 0 Å².